The van der Waals surface area contributed by atoms with E-state index in [0.29, 0.717) is 24.9 Å². The van der Waals surface area contributed by atoms with Crippen LogP contribution in [0.3, 0.4) is 0 Å². The van der Waals surface area contributed by atoms with E-state index in [2.05, 4.69) is 10.1 Å². The maximum atomic E-state index is 13.1. The molecule has 1 aliphatic rings. The Morgan fingerprint density at radius 3 is 2.68 bits per heavy atom. The molecule has 0 aromatic carbocycles. The first kappa shape index (κ1) is 14.6. The highest BCUT2D eigenvalue weighted by molar-refractivity contribution is 5.58. The standard InChI is InChI=1S/C13H12F3N5O/c1-7-6-20-9(3-8(4-17)19-20)10-5-18-11(21(7)10)12(2,22)13(14,15)16/h3,5,7,22H,6H2,1-2H3/t7-,12+/m0/s1. The van der Waals surface area contributed by atoms with Gasteiger partial charge >= 0.3 is 6.18 Å². The summed E-state index contributed by atoms with van der Waals surface area (Å²) in [6.07, 6.45) is -3.58. The lowest BCUT2D eigenvalue weighted by Crippen LogP contribution is -2.42. The van der Waals surface area contributed by atoms with E-state index in [-0.39, 0.29) is 11.7 Å². The summed E-state index contributed by atoms with van der Waals surface area (Å²) in [5.74, 6) is -0.464. The zero-order chi connectivity index (χ0) is 16.3. The van der Waals surface area contributed by atoms with Gasteiger partial charge in [-0.2, -0.15) is 23.5 Å². The number of hydrogen-bond donors (Lipinski definition) is 1. The average Bonchev–Trinajstić information content (AvgIpc) is 3.00. The molecule has 1 aliphatic heterocycles. The maximum Gasteiger partial charge on any atom is 0.424 e. The highest BCUT2D eigenvalue weighted by Crippen LogP contribution is 2.41. The third-order valence-electron chi connectivity index (χ3n) is 3.82. The summed E-state index contributed by atoms with van der Waals surface area (Å²) in [7, 11) is 0. The summed E-state index contributed by atoms with van der Waals surface area (Å²) in [6, 6.07) is 3.00. The van der Waals surface area contributed by atoms with Gasteiger partial charge < -0.3 is 9.67 Å². The van der Waals surface area contributed by atoms with Crippen LogP contribution in [-0.4, -0.2) is 30.6 Å². The molecule has 0 spiro atoms. The fourth-order valence-corrected chi connectivity index (χ4v) is 2.63. The number of aliphatic hydroxyl groups is 1. The van der Waals surface area contributed by atoms with Gasteiger partial charge in [0.1, 0.15) is 6.07 Å². The number of nitriles is 1. The highest BCUT2D eigenvalue weighted by atomic mass is 19.4. The van der Waals surface area contributed by atoms with E-state index in [0.717, 1.165) is 0 Å². The molecule has 0 fully saturated rings. The molecule has 0 unspecified atom stereocenters. The molecule has 0 saturated carbocycles. The van der Waals surface area contributed by atoms with Crippen molar-refractivity contribution >= 4 is 0 Å². The summed E-state index contributed by atoms with van der Waals surface area (Å²) in [4.78, 5) is 3.79. The van der Waals surface area contributed by atoms with Crippen molar-refractivity contribution in [1.29, 1.82) is 5.26 Å². The van der Waals surface area contributed by atoms with Crippen molar-refractivity contribution in [3.8, 4) is 17.5 Å². The number of imidazole rings is 1. The van der Waals surface area contributed by atoms with Crippen molar-refractivity contribution in [1.82, 2.24) is 19.3 Å². The summed E-state index contributed by atoms with van der Waals surface area (Å²) >= 11 is 0. The fourth-order valence-electron chi connectivity index (χ4n) is 2.63. The van der Waals surface area contributed by atoms with Gasteiger partial charge in [-0.15, -0.1) is 0 Å². The smallest absolute Gasteiger partial charge is 0.374 e. The summed E-state index contributed by atoms with van der Waals surface area (Å²) in [6.45, 7) is 2.68. The largest absolute Gasteiger partial charge is 0.424 e. The predicted octanol–water partition coefficient (Wildman–Crippen LogP) is 1.96. The van der Waals surface area contributed by atoms with Crippen molar-refractivity contribution in [2.75, 3.05) is 0 Å². The molecule has 9 heteroatoms. The van der Waals surface area contributed by atoms with Gasteiger partial charge in [-0.1, -0.05) is 0 Å². The molecule has 116 valence electrons. The molecule has 0 radical (unpaired) electrons. The first-order valence-corrected chi connectivity index (χ1v) is 6.52. The highest BCUT2D eigenvalue weighted by Gasteiger charge is 2.55. The molecule has 1 N–H and O–H groups in total. The topological polar surface area (TPSA) is 79.7 Å². The maximum absolute atomic E-state index is 13.1. The number of rotatable bonds is 1. The van der Waals surface area contributed by atoms with Crippen LogP contribution in [0.5, 0.6) is 0 Å². The van der Waals surface area contributed by atoms with Crippen LogP contribution in [0.15, 0.2) is 12.3 Å². The molecule has 3 heterocycles. The second kappa shape index (κ2) is 4.33. The first-order valence-electron chi connectivity index (χ1n) is 6.52. The van der Waals surface area contributed by atoms with Gasteiger partial charge in [0.15, 0.2) is 11.5 Å². The normalized spacial score (nSPS) is 20.0. The minimum absolute atomic E-state index is 0.181. The molecule has 2 aromatic rings. The number of fused-ring (bicyclic) bond motifs is 3. The van der Waals surface area contributed by atoms with Gasteiger partial charge in [0.05, 0.1) is 30.2 Å². The summed E-state index contributed by atoms with van der Waals surface area (Å²) in [5, 5.41) is 22.9. The Bertz CT molecular complexity index is 781. The second-order valence-corrected chi connectivity index (χ2v) is 5.46. The Labute approximate surface area is 123 Å². The predicted molar refractivity (Wildman–Crippen MR) is 68.5 cm³/mol. The minimum atomic E-state index is -4.84. The SMILES string of the molecule is C[C@H]1Cn2nc(C#N)cc2-c2cnc([C@@](C)(O)C(F)(F)F)n21. The Kier molecular flexibility index (Phi) is 2.87. The second-order valence-electron chi connectivity index (χ2n) is 5.46. The van der Waals surface area contributed by atoms with Crippen LogP contribution in [0.2, 0.25) is 0 Å². The van der Waals surface area contributed by atoms with Crippen LogP contribution < -0.4 is 0 Å². The van der Waals surface area contributed by atoms with E-state index in [9.17, 15) is 18.3 Å². The van der Waals surface area contributed by atoms with E-state index >= 15 is 0 Å². The molecular formula is C13H12F3N5O. The van der Waals surface area contributed by atoms with Crippen molar-refractivity contribution in [3.05, 3.63) is 23.8 Å². The van der Waals surface area contributed by atoms with Gasteiger partial charge in [0, 0.05) is 6.07 Å². The van der Waals surface area contributed by atoms with Crippen LogP contribution in [0, 0.1) is 11.3 Å². The van der Waals surface area contributed by atoms with Gasteiger partial charge in [-0.25, -0.2) is 4.98 Å². The van der Waals surface area contributed by atoms with Crippen LogP contribution in [0.1, 0.15) is 31.4 Å². The van der Waals surface area contributed by atoms with Crippen LogP contribution in [-0.2, 0) is 12.1 Å². The van der Waals surface area contributed by atoms with E-state index in [4.69, 9.17) is 5.26 Å². The molecule has 0 aliphatic carbocycles. The lowest BCUT2D eigenvalue weighted by atomic mass is 10.0. The Morgan fingerprint density at radius 2 is 2.09 bits per heavy atom. The van der Waals surface area contributed by atoms with Crippen LogP contribution in [0.4, 0.5) is 13.2 Å². The van der Waals surface area contributed by atoms with Crippen LogP contribution >= 0.6 is 0 Å². The lowest BCUT2D eigenvalue weighted by Gasteiger charge is -2.31. The first-order chi connectivity index (χ1) is 10.2. The third kappa shape index (κ3) is 1.84. The molecule has 0 bridgehead atoms. The Hall–Kier alpha value is -2.34. The van der Waals surface area contributed by atoms with Crippen molar-refractivity contribution in [2.45, 2.75) is 38.2 Å². The molecule has 0 amide bonds. The monoisotopic (exact) mass is 311 g/mol. The van der Waals surface area contributed by atoms with Crippen molar-refractivity contribution in [2.24, 2.45) is 0 Å². The molecule has 0 saturated heterocycles. The summed E-state index contributed by atoms with van der Waals surface area (Å²) in [5.41, 5.74) is -1.97. The Morgan fingerprint density at radius 1 is 1.41 bits per heavy atom. The number of nitrogens with zero attached hydrogens (tertiary/aromatic N) is 5. The molecular weight excluding hydrogens is 299 g/mol. The zero-order valence-corrected chi connectivity index (χ0v) is 11.8. The number of hydrogen-bond acceptors (Lipinski definition) is 4. The molecule has 3 rings (SSSR count). The summed E-state index contributed by atoms with van der Waals surface area (Å²) < 4.78 is 42.2. The number of aromatic nitrogens is 4. The Balaban J connectivity index is 2.20. The molecule has 22 heavy (non-hydrogen) atoms. The van der Waals surface area contributed by atoms with E-state index in [1.807, 2.05) is 6.07 Å². The molecule has 2 atom stereocenters. The zero-order valence-electron chi connectivity index (χ0n) is 11.8. The van der Waals surface area contributed by atoms with Gasteiger partial charge in [-0.05, 0) is 13.8 Å². The third-order valence-corrected chi connectivity index (χ3v) is 3.82. The van der Waals surface area contributed by atoms with Gasteiger partial charge in [0.2, 0.25) is 5.60 Å². The van der Waals surface area contributed by atoms with Crippen LogP contribution in [0.25, 0.3) is 11.4 Å². The molecule has 2 aromatic heterocycles. The quantitative estimate of drug-likeness (QED) is 0.873. The molecule has 6 nitrogen and oxygen atoms in total. The van der Waals surface area contributed by atoms with E-state index in [1.54, 1.807) is 11.6 Å². The van der Waals surface area contributed by atoms with Gasteiger partial charge in [-0.3, -0.25) is 4.68 Å². The number of halogens is 3. The van der Waals surface area contributed by atoms with E-state index < -0.39 is 17.6 Å². The van der Waals surface area contributed by atoms with Crippen molar-refractivity contribution in [3.63, 3.8) is 0 Å². The fraction of sp³-hybridized carbons (Fsp3) is 0.462. The van der Waals surface area contributed by atoms with Crippen molar-refractivity contribution < 1.29 is 18.3 Å². The minimum Gasteiger partial charge on any atom is -0.374 e. The number of alkyl halides is 3. The lowest BCUT2D eigenvalue weighted by molar-refractivity contribution is -0.262. The van der Waals surface area contributed by atoms with Gasteiger partial charge in [0.25, 0.3) is 0 Å². The van der Waals surface area contributed by atoms with E-state index in [1.165, 1.54) is 16.8 Å². The average molecular weight is 311 g/mol.